The van der Waals surface area contributed by atoms with Gasteiger partial charge in [-0.1, -0.05) is 0 Å². The molecule has 0 spiro atoms. The molecule has 0 saturated carbocycles. The average molecular weight is 174 g/mol. The van der Waals surface area contributed by atoms with Crippen molar-refractivity contribution in [1.29, 1.82) is 0 Å². The van der Waals surface area contributed by atoms with E-state index in [4.69, 9.17) is 4.55 Å². The molecular formula is C6H8NO3S+. The number of nitrogens with one attached hydrogen (secondary N) is 1. The summed E-state index contributed by atoms with van der Waals surface area (Å²) < 4.78 is 29.1. The van der Waals surface area contributed by atoms with Gasteiger partial charge in [0.25, 0.3) is 10.1 Å². The summed E-state index contributed by atoms with van der Waals surface area (Å²) in [7, 11) is -3.89. The van der Waals surface area contributed by atoms with Crippen LogP contribution < -0.4 is 4.98 Å². The summed E-state index contributed by atoms with van der Waals surface area (Å²) in [5, 5.41) is 0. The number of pyridine rings is 1. The van der Waals surface area contributed by atoms with Crippen molar-refractivity contribution in [2.45, 2.75) is 5.75 Å². The van der Waals surface area contributed by atoms with Crippen LogP contribution in [-0.2, 0) is 15.9 Å². The van der Waals surface area contributed by atoms with Crippen molar-refractivity contribution < 1.29 is 18.0 Å². The minimum Gasteiger partial charge on any atom is -0.285 e. The Morgan fingerprint density at radius 1 is 1.36 bits per heavy atom. The molecule has 0 radical (unpaired) electrons. The Hall–Kier alpha value is -0.940. The lowest BCUT2D eigenvalue weighted by molar-refractivity contribution is -0.378. The van der Waals surface area contributed by atoms with E-state index < -0.39 is 10.1 Å². The van der Waals surface area contributed by atoms with Gasteiger partial charge in [0.15, 0.2) is 12.4 Å². The zero-order valence-corrected chi connectivity index (χ0v) is 6.50. The standard InChI is InChI=1S/C6H7NO3S/c8-11(9,10)5-6-1-3-7-4-2-6/h1-4H,5H2,(H,8,9,10)/p+1. The lowest BCUT2D eigenvalue weighted by atomic mass is 10.3. The number of aromatic nitrogens is 1. The summed E-state index contributed by atoms with van der Waals surface area (Å²) in [4.78, 5) is 2.74. The van der Waals surface area contributed by atoms with E-state index in [1.165, 1.54) is 0 Å². The zero-order chi connectivity index (χ0) is 8.32. The van der Waals surface area contributed by atoms with E-state index in [1.807, 2.05) is 0 Å². The smallest absolute Gasteiger partial charge is 0.269 e. The van der Waals surface area contributed by atoms with Crippen LogP contribution in [0.2, 0.25) is 0 Å². The third kappa shape index (κ3) is 3.10. The molecule has 0 fully saturated rings. The summed E-state index contributed by atoms with van der Waals surface area (Å²) in [6.07, 6.45) is 3.20. The number of rotatable bonds is 2. The topological polar surface area (TPSA) is 68.5 Å². The average Bonchev–Trinajstić information content (AvgIpc) is 1.85. The van der Waals surface area contributed by atoms with Crippen LogP contribution in [0.25, 0.3) is 0 Å². The van der Waals surface area contributed by atoms with Gasteiger partial charge in [-0.3, -0.25) is 4.55 Å². The highest BCUT2D eigenvalue weighted by atomic mass is 32.2. The van der Waals surface area contributed by atoms with Gasteiger partial charge in [-0.25, -0.2) is 4.98 Å². The quantitative estimate of drug-likeness (QED) is 0.636. The molecule has 1 aromatic heterocycles. The number of aromatic amines is 1. The van der Waals surface area contributed by atoms with Crippen molar-refractivity contribution in [3.8, 4) is 0 Å². The van der Waals surface area contributed by atoms with Gasteiger partial charge in [0, 0.05) is 12.1 Å². The van der Waals surface area contributed by atoms with Crippen LogP contribution >= 0.6 is 0 Å². The van der Waals surface area contributed by atoms with Crippen LogP contribution in [0.4, 0.5) is 0 Å². The summed E-state index contributed by atoms with van der Waals surface area (Å²) >= 11 is 0. The fourth-order valence-electron chi connectivity index (χ4n) is 0.728. The molecule has 0 aliphatic heterocycles. The third-order valence-electron chi connectivity index (χ3n) is 1.14. The Kier molecular flexibility index (Phi) is 2.21. The zero-order valence-electron chi connectivity index (χ0n) is 5.69. The number of H-pyrrole nitrogens is 1. The van der Waals surface area contributed by atoms with E-state index in [0.29, 0.717) is 5.56 Å². The van der Waals surface area contributed by atoms with Gasteiger partial charge in [-0.15, -0.1) is 0 Å². The monoisotopic (exact) mass is 174 g/mol. The predicted molar refractivity (Wildman–Crippen MR) is 38.3 cm³/mol. The molecule has 0 amide bonds. The van der Waals surface area contributed by atoms with Crippen molar-refractivity contribution in [3.05, 3.63) is 30.1 Å². The summed E-state index contributed by atoms with van der Waals surface area (Å²) in [5.74, 6) is -0.332. The second-order valence-electron chi connectivity index (χ2n) is 2.13. The molecule has 11 heavy (non-hydrogen) atoms. The molecule has 5 heteroatoms. The minimum atomic E-state index is -3.89. The molecule has 1 heterocycles. The lowest BCUT2D eigenvalue weighted by Gasteiger charge is -1.92. The SMILES string of the molecule is O=S(=O)(O)Cc1cc[nH+]cc1. The first kappa shape index (κ1) is 8.16. The van der Waals surface area contributed by atoms with Gasteiger partial charge in [0.05, 0.1) is 0 Å². The predicted octanol–water partition coefficient (Wildman–Crippen LogP) is -0.111. The first-order chi connectivity index (χ1) is 5.08. The highest BCUT2D eigenvalue weighted by Gasteiger charge is 2.05. The van der Waals surface area contributed by atoms with Gasteiger partial charge < -0.3 is 0 Å². The first-order valence-corrected chi connectivity index (χ1v) is 4.59. The molecule has 1 aromatic rings. The Bertz CT molecular complexity index is 319. The molecule has 0 unspecified atom stereocenters. The van der Waals surface area contributed by atoms with E-state index in [1.54, 1.807) is 24.5 Å². The van der Waals surface area contributed by atoms with Crippen LogP contribution in [0.5, 0.6) is 0 Å². The van der Waals surface area contributed by atoms with E-state index in [9.17, 15) is 8.42 Å². The van der Waals surface area contributed by atoms with Gasteiger partial charge >= 0.3 is 0 Å². The maximum absolute atomic E-state index is 10.3. The van der Waals surface area contributed by atoms with Crippen molar-refractivity contribution in [1.82, 2.24) is 0 Å². The molecular weight excluding hydrogens is 166 g/mol. The van der Waals surface area contributed by atoms with Crippen LogP contribution in [0, 0.1) is 0 Å². The lowest BCUT2D eigenvalue weighted by Crippen LogP contribution is -2.04. The normalized spacial score (nSPS) is 11.4. The molecule has 2 N–H and O–H groups in total. The van der Waals surface area contributed by atoms with E-state index in [-0.39, 0.29) is 5.75 Å². The molecule has 60 valence electrons. The molecule has 4 nitrogen and oxygen atoms in total. The van der Waals surface area contributed by atoms with Gasteiger partial charge in [0.2, 0.25) is 0 Å². The highest BCUT2D eigenvalue weighted by molar-refractivity contribution is 7.85. The Labute approximate surface area is 64.6 Å². The Morgan fingerprint density at radius 3 is 2.36 bits per heavy atom. The summed E-state index contributed by atoms with van der Waals surface area (Å²) in [6, 6.07) is 3.18. The number of hydrogen-bond acceptors (Lipinski definition) is 2. The van der Waals surface area contributed by atoms with Crippen LogP contribution in [0.3, 0.4) is 0 Å². The number of hydrogen-bond donors (Lipinski definition) is 1. The molecule has 1 rings (SSSR count). The molecule has 0 aliphatic rings. The fourth-order valence-corrected chi connectivity index (χ4v) is 1.34. The second kappa shape index (κ2) is 2.98. The first-order valence-electron chi connectivity index (χ1n) is 2.98. The van der Waals surface area contributed by atoms with E-state index in [2.05, 4.69) is 4.98 Å². The summed E-state index contributed by atoms with van der Waals surface area (Å²) in [5.41, 5.74) is 0.561. The molecule has 0 atom stereocenters. The van der Waals surface area contributed by atoms with E-state index >= 15 is 0 Å². The Morgan fingerprint density at radius 2 is 1.91 bits per heavy atom. The van der Waals surface area contributed by atoms with Gasteiger partial charge in [0.1, 0.15) is 5.75 Å². The largest absolute Gasteiger partial charge is 0.285 e. The van der Waals surface area contributed by atoms with E-state index in [0.717, 1.165) is 0 Å². The maximum atomic E-state index is 10.3. The van der Waals surface area contributed by atoms with Crippen LogP contribution in [-0.4, -0.2) is 13.0 Å². The van der Waals surface area contributed by atoms with Crippen LogP contribution in [0.15, 0.2) is 24.5 Å². The molecule has 0 saturated heterocycles. The molecule has 0 aliphatic carbocycles. The third-order valence-corrected chi connectivity index (χ3v) is 1.83. The molecule has 0 bridgehead atoms. The van der Waals surface area contributed by atoms with Crippen LogP contribution in [0.1, 0.15) is 5.56 Å². The van der Waals surface area contributed by atoms with Crippen molar-refractivity contribution in [2.75, 3.05) is 0 Å². The van der Waals surface area contributed by atoms with Crippen molar-refractivity contribution >= 4 is 10.1 Å². The second-order valence-corrected chi connectivity index (χ2v) is 3.59. The van der Waals surface area contributed by atoms with Gasteiger partial charge in [-0.05, 0) is 5.56 Å². The highest BCUT2D eigenvalue weighted by Crippen LogP contribution is 1.99. The van der Waals surface area contributed by atoms with Crippen molar-refractivity contribution in [3.63, 3.8) is 0 Å². The summed E-state index contributed by atoms with van der Waals surface area (Å²) in [6.45, 7) is 0. The Balaban J connectivity index is 2.82. The minimum absolute atomic E-state index is 0.332. The molecule has 0 aromatic carbocycles. The van der Waals surface area contributed by atoms with Crippen molar-refractivity contribution in [2.24, 2.45) is 0 Å². The fraction of sp³-hybridized carbons (Fsp3) is 0.167. The maximum Gasteiger partial charge on any atom is 0.269 e. The van der Waals surface area contributed by atoms with Gasteiger partial charge in [-0.2, -0.15) is 8.42 Å².